The lowest BCUT2D eigenvalue weighted by atomic mass is 10.2. The number of hydrogen-bond acceptors (Lipinski definition) is 6. The Balaban J connectivity index is 1.50. The first-order valence-corrected chi connectivity index (χ1v) is 10.5. The van der Waals surface area contributed by atoms with E-state index in [4.69, 9.17) is 9.47 Å². The fraction of sp³-hybridized carbons (Fsp3) is 0.381. The van der Waals surface area contributed by atoms with Crippen LogP contribution in [-0.4, -0.2) is 59.6 Å². The molecule has 0 spiro atoms. The topological polar surface area (TPSA) is 72.0 Å². The third kappa shape index (κ3) is 6.05. The zero-order valence-corrected chi connectivity index (χ0v) is 17.5. The summed E-state index contributed by atoms with van der Waals surface area (Å²) in [6, 6.07) is 7.58. The molecule has 2 aromatic rings. The van der Waals surface area contributed by atoms with Crippen LogP contribution in [0.25, 0.3) is 6.08 Å². The molecule has 1 aliphatic rings. The van der Waals surface area contributed by atoms with Crippen molar-refractivity contribution in [2.24, 2.45) is 0 Å². The fourth-order valence-electron chi connectivity index (χ4n) is 2.94. The van der Waals surface area contributed by atoms with Gasteiger partial charge in [0.05, 0.1) is 17.3 Å². The van der Waals surface area contributed by atoms with Crippen LogP contribution in [0.5, 0.6) is 5.75 Å². The molecule has 1 aliphatic heterocycles. The van der Waals surface area contributed by atoms with Crippen molar-refractivity contribution in [2.45, 2.75) is 20.5 Å². The van der Waals surface area contributed by atoms with Gasteiger partial charge in [0.25, 0.3) is 0 Å². The molecule has 2 amide bonds. The van der Waals surface area contributed by atoms with Crippen LogP contribution in [0, 0.1) is 6.92 Å². The molecule has 0 radical (unpaired) electrons. The molecule has 0 N–H and O–H groups in total. The van der Waals surface area contributed by atoms with E-state index >= 15 is 0 Å². The number of aryl methyl sites for hydroxylation is 1. The van der Waals surface area contributed by atoms with E-state index in [1.54, 1.807) is 40.2 Å². The number of carbonyl (C=O) groups excluding carboxylic acids is 2. The van der Waals surface area contributed by atoms with Crippen LogP contribution >= 0.6 is 11.3 Å². The predicted molar refractivity (Wildman–Crippen MR) is 112 cm³/mol. The summed E-state index contributed by atoms with van der Waals surface area (Å²) in [5.41, 5.74) is 1.79. The standard InChI is InChI=1S/C21H25N3O4S/c1-3-27-21(26)24-11-9-23(10-12-24)20(25)8-7-17-5-4-6-19(13-17)28-14-18-15-29-16(2)22-18/h4-8,13,15H,3,9-12,14H2,1-2H3/b8-7+. The Hall–Kier alpha value is -2.87. The summed E-state index contributed by atoms with van der Waals surface area (Å²) in [4.78, 5) is 31.9. The molecule has 7 nitrogen and oxygen atoms in total. The molecule has 8 heteroatoms. The van der Waals surface area contributed by atoms with Crippen molar-refractivity contribution >= 4 is 29.4 Å². The van der Waals surface area contributed by atoms with Gasteiger partial charge < -0.3 is 19.3 Å². The van der Waals surface area contributed by atoms with E-state index in [9.17, 15) is 9.59 Å². The van der Waals surface area contributed by atoms with Gasteiger partial charge in [0, 0.05) is 37.6 Å². The number of hydrogen-bond donors (Lipinski definition) is 0. The molecule has 154 valence electrons. The highest BCUT2D eigenvalue weighted by atomic mass is 32.1. The van der Waals surface area contributed by atoms with Gasteiger partial charge in [-0.2, -0.15) is 0 Å². The zero-order valence-electron chi connectivity index (χ0n) is 16.7. The van der Waals surface area contributed by atoms with E-state index in [0.717, 1.165) is 22.0 Å². The Labute approximate surface area is 174 Å². The van der Waals surface area contributed by atoms with Crippen molar-refractivity contribution in [3.63, 3.8) is 0 Å². The second kappa shape index (κ2) is 10.1. The number of piperazine rings is 1. The van der Waals surface area contributed by atoms with Crippen molar-refractivity contribution in [3.8, 4) is 5.75 Å². The number of carbonyl (C=O) groups is 2. The van der Waals surface area contributed by atoms with Crippen molar-refractivity contribution in [2.75, 3.05) is 32.8 Å². The highest BCUT2D eigenvalue weighted by Gasteiger charge is 2.23. The number of ether oxygens (including phenoxy) is 2. The van der Waals surface area contributed by atoms with Crippen LogP contribution in [0.15, 0.2) is 35.7 Å². The zero-order chi connectivity index (χ0) is 20.6. The summed E-state index contributed by atoms with van der Waals surface area (Å²) in [5, 5.41) is 3.00. The molecule has 0 saturated carbocycles. The normalized spacial score (nSPS) is 14.3. The van der Waals surface area contributed by atoms with Gasteiger partial charge in [-0.15, -0.1) is 11.3 Å². The average Bonchev–Trinajstić information content (AvgIpc) is 3.16. The molecule has 2 heterocycles. The maximum Gasteiger partial charge on any atom is 0.409 e. The van der Waals surface area contributed by atoms with Crippen LogP contribution in [0.3, 0.4) is 0 Å². The van der Waals surface area contributed by atoms with Crippen LogP contribution < -0.4 is 4.74 Å². The number of nitrogens with zero attached hydrogens (tertiary/aromatic N) is 3. The lowest BCUT2D eigenvalue weighted by molar-refractivity contribution is -0.127. The highest BCUT2D eigenvalue weighted by Crippen LogP contribution is 2.17. The molecule has 1 aromatic heterocycles. The quantitative estimate of drug-likeness (QED) is 0.677. The third-order valence-corrected chi connectivity index (χ3v) is 5.27. The average molecular weight is 416 g/mol. The molecular formula is C21H25N3O4S. The van der Waals surface area contributed by atoms with Gasteiger partial charge in [-0.1, -0.05) is 12.1 Å². The monoisotopic (exact) mass is 415 g/mol. The van der Waals surface area contributed by atoms with Crippen molar-refractivity contribution in [1.82, 2.24) is 14.8 Å². The molecule has 0 bridgehead atoms. The number of rotatable bonds is 6. The number of thiazole rings is 1. The summed E-state index contributed by atoms with van der Waals surface area (Å²) in [5.74, 6) is 0.658. The Morgan fingerprint density at radius 3 is 2.66 bits per heavy atom. The van der Waals surface area contributed by atoms with E-state index in [1.807, 2.05) is 36.6 Å². The Morgan fingerprint density at radius 2 is 1.97 bits per heavy atom. The lowest BCUT2D eigenvalue weighted by Crippen LogP contribution is -2.50. The molecule has 1 fully saturated rings. The van der Waals surface area contributed by atoms with E-state index in [1.165, 1.54) is 0 Å². The summed E-state index contributed by atoms with van der Waals surface area (Å²) < 4.78 is 10.8. The van der Waals surface area contributed by atoms with Gasteiger partial charge in [-0.25, -0.2) is 9.78 Å². The minimum Gasteiger partial charge on any atom is -0.487 e. The number of aromatic nitrogens is 1. The molecule has 0 unspecified atom stereocenters. The molecular weight excluding hydrogens is 390 g/mol. The Bertz CT molecular complexity index is 872. The molecule has 1 aromatic carbocycles. The van der Waals surface area contributed by atoms with Gasteiger partial charge in [0.15, 0.2) is 0 Å². The van der Waals surface area contributed by atoms with E-state index in [-0.39, 0.29) is 12.0 Å². The molecule has 3 rings (SSSR count). The molecule has 0 atom stereocenters. The minimum atomic E-state index is -0.320. The van der Waals surface area contributed by atoms with Gasteiger partial charge in [0.2, 0.25) is 5.91 Å². The first-order valence-electron chi connectivity index (χ1n) is 9.57. The second-order valence-corrected chi connectivity index (χ2v) is 7.63. The highest BCUT2D eigenvalue weighted by molar-refractivity contribution is 7.09. The summed E-state index contributed by atoms with van der Waals surface area (Å²) in [7, 11) is 0. The molecule has 0 aliphatic carbocycles. The van der Waals surface area contributed by atoms with Crippen LogP contribution in [0.2, 0.25) is 0 Å². The SMILES string of the molecule is CCOC(=O)N1CCN(C(=O)/C=C/c2cccc(OCc3csc(C)n3)c2)CC1. The Morgan fingerprint density at radius 1 is 1.21 bits per heavy atom. The van der Waals surface area contributed by atoms with Gasteiger partial charge in [-0.3, -0.25) is 4.79 Å². The molecule has 29 heavy (non-hydrogen) atoms. The van der Waals surface area contributed by atoms with E-state index in [0.29, 0.717) is 39.4 Å². The maximum absolute atomic E-state index is 12.4. The summed E-state index contributed by atoms with van der Waals surface area (Å²) in [6.07, 6.45) is 3.02. The first-order chi connectivity index (χ1) is 14.0. The second-order valence-electron chi connectivity index (χ2n) is 6.56. The van der Waals surface area contributed by atoms with Crippen molar-refractivity contribution in [1.29, 1.82) is 0 Å². The van der Waals surface area contributed by atoms with E-state index < -0.39 is 0 Å². The van der Waals surface area contributed by atoms with Gasteiger partial charge in [-0.05, 0) is 37.6 Å². The van der Waals surface area contributed by atoms with Crippen molar-refractivity contribution < 1.29 is 19.1 Å². The smallest absolute Gasteiger partial charge is 0.409 e. The third-order valence-electron chi connectivity index (χ3n) is 4.45. The van der Waals surface area contributed by atoms with Gasteiger partial charge in [0.1, 0.15) is 12.4 Å². The summed E-state index contributed by atoms with van der Waals surface area (Å²) >= 11 is 1.60. The maximum atomic E-state index is 12.4. The minimum absolute atomic E-state index is 0.0715. The fourth-order valence-corrected chi connectivity index (χ4v) is 3.53. The molecule has 1 saturated heterocycles. The van der Waals surface area contributed by atoms with Gasteiger partial charge >= 0.3 is 6.09 Å². The number of benzene rings is 1. The van der Waals surface area contributed by atoms with E-state index in [2.05, 4.69) is 4.98 Å². The van der Waals surface area contributed by atoms with Crippen LogP contribution in [0.4, 0.5) is 4.79 Å². The van der Waals surface area contributed by atoms with Crippen molar-refractivity contribution in [3.05, 3.63) is 52.0 Å². The largest absolute Gasteiger partial charge is 0.487 e. The Kier molecular flexibility index (Phi) is 7.24. The summed E-state index contributed by atoms with van der Waals surface area (Å²) in [6.45, 7) is 6.48. The predicted octanol–water partition coefficient (Wildman–Crippen LogP) is 3.34. The van der Waals surface area contributed by atoms with Crippen LogP contribution in [0.1, 0.15) is 23.2 Å². The number of amides is 2. The first kappa shape index (κ1) is 20.9. The van der Waals surface area contributed by atoms with Crippen LogP contribution in [-0.2, 0) is 16.1 Å². The lowest BCUT2D eigenvalue weighted by Gasteiger charge is -2.33.